The molecule has 7 heteroatoms. The molecule has 1 unspecified atom stereocenters. The molecule has 27 heavy (non-hydrogen) atoms. The summed E-state index contributed by atoms with van der Waals surface area (Å²) in [6, 6.07) is 4.12. The monoisotopic (exact) mass is 482 g/mol. The Hall–Kier alpha value is -1.64. The molecule has 0 bridgehead atoms. The Labute approximate surface area is 179 Å². The maximum atomic E-state index is 4.85. The molecule has 3 heterocycles. The number of hydrogen-bond acceptors (Lipinski definition) is 3. The number of aliphatic imine (C=N–C) groups is 1. The van der Waals surface area contributed by atoms with Crippen molar-refractivity contribution in [2.75, 3.05) is 19.6 Å². The average molecular weight is 482 g/mol. The first-order valence-corrected chi connectivity index (χ1v) is 9.53. The van der Waals surface area contributed by atoms with E-state index in [1.807, 2.05) is 30.0 Å². The summed E-state index contributed by atoms with van der Waals surface area (Å²) >= 11 is 0. The van der Waals surface area contributed by atoms with Gasteiger partial charge in [0, 0.05) is 38.2 Å². The van der Waals surface area contributed by atoms with Crippen LogP contribution in [-0.4, -0.2) is 45.0 Å². The lowest BCUT2D eigenvalue weighted by molar-refractivity contribution is 0.322. The maximum absolute atomic E-state index is 4.85. The molecule has 0 saturated carbocycles. The fourth-order valence-corrected chi connectivity index (χ4v) is 3.36. The molecule has 2 aromatic heterocycles. The Morgan fingerprint density at radius 2 is 2.11 bits per heavy atom. The van der Waals surface area contributed by atoms with Crippen LogP contribution in [0.5, 0.6) is 0 Å². The summed E-state index contributed by atoms with van der Waals surface area (Å²) in [6.45, 7) is 12.4. The van der Waals surface area contributed by atoms with E-state index in [1.165, 1.54) is 12.8 Å². The van der Waals surface area contributed by atoms with Gasteiger partial charge in [0.15, 0.2) is 5.96 Å². The first-order valence-electron chi connectivity index (χ1n) is 9.53. The van der Waals surface area contributed by atoms with Crippen molar-refractivity contribution >= 4 is 29.9 Å². The van der Waals surface area contributed by atoms with Gasteiger partial charge >= 0.3 is 0 Å². The van der Waals surface area contributed by atoms with Gasteiger partial charge in [-0.2, -0.15) is 0 Å². The molecule has 0 spiro atoms. The van der Waals surface area contributed by atoms with Crippen LogP contribution in [0.25, 0.3) is 5.82 Å². The van der Waals surface area contributed by atoms with Crippen LogP contribution in [-0.2, 0) is 6.54 Å². The summed E-state index contributed by atoms with van der Waals surface area (Å²) in [5, 5.41) is 3.44. The number of nitrogens with one attached hydrogen (secondary N) is 1. The summed E-state index contributed by atoms with van der Waals surface area (Å²) in [6.07, 6.45) is 8.06. The minimum absolute atomic E-state index is 0. The average Bonchev–Trinajstić information content (AvgIpc) is 3.26. The second-order valence-corrected chi connectivity index (χ2v) is 7.38. The van der Waals surface area contributed by atoms with E-state index in [4.69, 9.17) is 4.99 Å². The molecule has 1 N–H and O–H groups in total. The highest BCUT2D eigenvalue weighted by molar-refractivity contribution is 14.0. The van der Waals surface area contributed by atoms with E-state index in [0.717, 1.165) is 42.8 Å². The highest BCUT2D eigenvalue weighted by Crippen LogP contribution is 2.32. The number of hydrogen-bond donors (Lipinski definition) is 1. The smallest absolute Gasteiger partial charge is 0.194 e. The van der Waals surface area contributed by atoms with Crippen molar-refractivity contribution in [1.82, 2.24) is 24.8 Å². The number of aryl methyl sites for hydroxylation is 1. The zero-order valence-corrected chi connectivity index (χ0v) is 19.1. The molecule has 0 aliphatic carbocycles. The molecular formula is C20H31IN6. The van der Waals surface area contributed by atoms with Gasteiger partial charge in [0.25, 0.3) is 0 Å². The van der Waals surface area contributed by atoms with Gasteiger partial charge in [-0.25, -0.2) is 15.0 Å². The quantitative estimate of drug-likeness (QED) is 0.401. The van der Waals surface area contributed by atoms with Gasteiger partial charge in [-0.05, 0) is 43.7 Å². The van der Waals surface area contributed by atoms with Crippen molar-refractivity contribution in [1.29, 1.82) is 0 Å². The van der Waals surface area contributed by atoms with Crippen LogP contribution >= 0.6 is 24.0 Å². The Morgan fingerprint density at radius 1 is 1.30 bits per heavy atom. The second kappa shape index (κ2) is 9.52. The number of nitrogens with zero attached hydrogens (tertiary/aromatic N) is 5. The van der Waals surface area contributed by atoms with E-state index in [9.17, 15) is 0 Å². The van der Waals surface area contributed by atoms with Gasteiger partial charge in [-0.15, -0.1) is 24.0 Å². The van der Waals surface area contributed by atoms with Gasteiger partial charge in [-0.1, -0.05) is 19.9 Å². The zero-order valence-electron chi connectivity index (χ0n) is 16.8. The van der Waals surface area contributed by atoms with Crippen molar-refractivity contribution in [3.05, 3.63) is 42.1 Å². The normalized spacial score (nSPS) is 19.9. The highest BCUT2D eigenvalue weighted by atomic mass is 127. The summed E-state index contributed by atoms with van der Waals surface area (Å²) < 4.78 is 1.98. The van der Waals surface area contributed by atoms with Crippen molar-refractivity contribution in [3.63, 3.8) is 0 Å². The lowest BCUT2D eigenvalue weighted by Crippen LogP contribution is -2.41. The van der Waals surface area contributed by atoms with E-state index in [1.54, 1.807) is 6.20 Å². The van der Waals surface area contributed by atoms with E-state index >= 15 is 0 Å². The number of guanidine groups is 1. The van der Waals surface area contributed by atoms with Crippen LogP contribution in [0.15, 0.2) is 35.7 Å². The van der Waals surface area contributed by atoms with Gasteiger partial charge in [0.05, 0.1) is 6.54 Å². The third-order valence-corrected chi connectivity index (χ3v) is 5.34. The summed E-state index contributed by atoms with van der Waals surface area (Å²) in [5.41, 5.74) is 1.52. The molecule has 1 saturated heterocycles. The van der Waals surface area contributed by atoms with Crippen molar-refractivity contribution in [2.24, 2.45) is 10.4 Å². The van der Waals surface area contributed by atoms with Crippen molar-refractivity contribution < 1.29 is 0 Å². The zero-order chi connectivity index (χ0) is 18.6. The van der Waals surface area contributed by atoms with E-state index < -0.39 is 0 Å². The fraction of sp³-hybridized carbons (Fsp3) is 0.550. The third-order valence-electron chi connectivity index (χ3n) is 5.34. The lowest BCUT2D eigenvalue weighted by Gasteiger charge is -2.25. The fourth-order valence-electron chi connectivity index (χ4n) is 3.36. The summed E-state index contributed by atoms with van der Waals surface area (Å²) in [7, 11) is 0. The minimum Gasteiger partial charge on any atom is -0.357 e. The number of pyridine rings is 1. The molecule has 0 aromatic carbocycles. The van der Waals surface area contributed by atoms with Crippen LogP contribution in [0, 0.1) is 12.3 Å². The van der Waals surface area contributed by atoms with Crippen LogP contribution in [0.4, 0.5) is 0 Å². The largest absolute Gasteiger partial charge is 0.357 e. The molecule has 6 nitrogen and oxygen atoms in total. The van der Waals surface area contributed by atoms with Gasteiger partial charge in [0.1, 0.15) is 11.6 Å². The lowest BCUT2D eigenvalue weighted by atomic mass is 9.87. The Bertz CT molecular complexity index is 754. The third kappa shape index (κ3) is 5.21. The summed E-state index contributed by atoms with van der Waals surface area (Å²) in [5.74, 6) is 2.84. The second-order valence-electron chi connectivity index (χ2n) is 7.38. The van der Waals surface area contributed by atoms with Crippen LogP contribution in [0.2, 0.25) is 0 Å². The van der Waals surface area contributed by atoms with Crippen molar-refractivity contribution in [3.8, 4) is 5.82 Å². The van der Waals surface area contributed by atoms with E-state index in [-0.39, 0.29) is 24.0 Å². The van der Waals surface area contributed by atoms with Gasteiger partial charge in [0.2, 0.25) is 0 Å². The number of aromatic nitrogens is 3. The number of halogens is 1. The molecule has 0 radical (unpaired) electrons. The first-order chi connectivity index (χ1) is 12.5. The summed E-state index contributed by atoms with van der Waals surface area (Å²) in [4.78, 5) is 16.0. The number of imidazole rings is 1. The Morgan fingerprint density at radius 3 is 2.67 bits per heavy atom. The molecule has 1 fully saturated rings. The van der Waals surface area contributed by atoms with Crippen LogP contribution in [0.1, 0.15) is 45.0 Å². The molecule has 1 aliphatic rings. The molecule has 1 atom stereocenters. The van der Waals surface area contributed by atoms with E-state index in [2.05, 4.69) is 47.0 Å². The Balaban J connectivity index is 0.00000261. The van der Waals surface area contributed by atoms with Gasteiger partial charge < -0.3 is 10.2 Å². The highest BCUT2D eigenvalue weighted by Gasteiger charge is 2.33. The van der Waals surface area contributed by atoms with E-state index in [0.29, 0.717) is 12.0 Å². The van der Waals surface area contributed by atoms with Crippen LogP contribution < -0.4 is 5.32 Å². The molecule has 1 aliphatic heterocycles. The standard InChI is InChI=1S/C20H30N6.HI/c1-5-20(4)9-11-25(15-20)19(21-6-2)24-14-17-7-8-18(23-13-17)26-12-10-22-16(26)3;/h7-8,10,12-13H,5-6,9,11,14-15H2,1-4H3,(H,21,24);1H. The molecule has 148 valence electrons. The topological polar surface area (TPSA) is 58.3 Å². The minimum atomic E-state index is 0. The Kier molecular flexibility index (Phi) is 7.64. The predicted molar refractivity (Wildman–Crippen MR) is 121 cm³/mol. The van der Waals surface area contributed by atoms with Gasteiger partial charge in [-0.3, -0.25) is 4.57 Å². The molecule has 3 rings (SSSR count). The number of likely N-dealkylation sites (tertiary alicyclic amines) is 1. The molecule has 0 amide bonds. The molecule has 2 aromatic rings. The molecular weight excluding hydrogens is 451 g/mol. The SMILES string of the molecule is CCNC(=NCc1ccc(-n2ccnc2C)nc1)N1CCC(C)(CC)C1.I. The van der Waals surface area contributed by atoms with Crippen LogP contribution in [0.3, 0.4) is 0 Å². The first kappa shape index (κ1) is 21.7. The maximum Gasteiger partial charge on any atom is 0.194 e. The van der Waals surface area contributed by atoms with Crippen molar-refractivity contribution in [2.45, 2.75) is 47.1 Å². The predicted octanol–water partition coefficient (Wildman–Crippen LogP) is 3.78. The number of rotatable bonds is 5.